The standard InChI is InChI=1S/C15H9F3S2/c16-15(17,18)14-8-10-4-1-2-6-12(10)13(20-14)9-11-5-3-7-19-11/h1-9H/b13-9-. The number of thioether (sulfide) groups is 1. The van der Waals surface area contributed by atoms with Crippen molar-refractivity contribution in [2.75, 3.05) is 0 Å². The number of hydrogen-bond acceptors (Lipinski definition) is 2. The molecular weight excluding hydrogens is 301 g/mol. The Hall–Kier alpha value is -1.46. The third-order valence-electron chi connectivity index (χ3n) is 2.83. The lowest BCUT2D eigenvalue weighted by Gasteiger charge is -2.20. The van der Waals surface area contributed by atoms with Gasteiger partial charge >= 0.3 is 6.18 Å². The molecule has 2 heterocycles. The van der Waals surface area contributed by atoms with Gasteiger partial charge in [-0.25, -0.2) is 0 Å². The number of hydrogen-bond donors (Lipinski definition) is 0. The summed E-state index contributed by atoms with van der Waals surface area (Å²) in [6, 6.07) is 10.9. The second-order valence-electron chi connectivity index (χ2n) is 4.22. The van der Waals surface area contributed by atoms with E-state index in [-0.39, 0.29) is 0 Å². The molecule has 0 nitrogen and oxygen atoms in total. The number of alkyl halides is 3. The van der Waals surface area contributed by atoms with Crippen LogP contribution in [-0.4, -0.2) is 6.18 Å². The first-order chi connectivity index (χ1) is 9.54. The van der Waals surface area contributed by atoms with Crippen LogP contribution in [-0.2, 0) is 0 Å². The Bertz CT molecular complexity index is 679. The maximum Gasteiger partial charge on any atom is 0.422 e. The SMILES string of the molecule is FC(F)(F)C1=Cc2ccccc2/C(=C/c2cccs2)S1. The molecule has 0 spiro atoms. The van der Waals surface area contributed by atoms with Crippen molar-refractivity contribution < 1.29 is 13.2 Å². The molecule has 20 heavy (non-hydrogen) atoms. The Morgan fingerprint density at radius 3 is 2.50 bits per heavy atom. The average Bonchev–Trinajstić information content (AvgIpc) is 2.90. The van der Waals surface area contributed by atoms with Crippen LogP contribution in [0, 0.1) is 0 Å². The molecule has 0 radical (unpaired) electrons. The lowest BCUT2D eigenvalue weighted by Crippen LogP contribution is -2.11. The fourth-order valence-corrected chi connectivity index (χ4v) is 3.69. The smallest absolute Gasteiger partial charge is 0.166 e. The molecule has 3 rings (SSSR count). The van der Waals surface area contributed by atoms with Crippen LogP contribution in [0.5, 0.6) is 0 Å². The van der Waals surface area contributed by atoms with E-state index in [4.69, 9.17) is 0 Å². The minimum absolute atomic E-state index is 0.570. The van der Waals surface area contributed by atoms with Crippen LogP contribution in [0.15, 0.2) is 46.7 Å². The van der Waals surface area contributed by atoms with E-state index in [1.54, 1.807) is 12.1 Å². The topological polar surface area (TPSA) is 0 Å². The van der Waals surface area contributed by atoms with E-state index in [0.717, 1.165) is 22.2 Å². The van der Waals surface area contributed by atoms with E-state index in [0.29, 0.717) is 10.5 Å². The van der Waals surface area contributed by atoms with Gasteiger partial charge in [0.1, 0.15) is 0 Å². The molecule has 1 aromatic carbocycles. The summed E-state index contributed by atoms with van der Waals surface area (Å²) in [4.78, 5) is 1.02. The highest BCUT2D eigenvalue weighted by molar-refractivity contribution is 8.12. The van der Waals surface area contributed by atoms with Gasteiger partial charge in [0.05, 0.1) is 4.91 Å². The molecule has 1 aliphatic heterocycles. The highest BCUT2D eigenvalue weighted by Gasteiger charge is 2.37. The first-order valence-corrected chi connectivity index (χ1v) is 7.55. The molecular formula is C15H9F3S2. The molecule has 2 aromatic rings. The van der Waals surface area contributed by atoms with Crippen molar-refractivity contribution in [2.24, 2.45) is 0 Å². The molecule has 5 heteroatoms. The van der Waals surface area contributed by atoms with Crippen molar-refractivity contribution in [1.29, 1.82) is 0 Å². The summed E-state index contributed by atoms with van der Waals surface area (Å²) in [5.41, 5.74) is 1.46. The summed E-state index contributed by atoms with van der Waals surface area (Å²) in [5, 5.41) is 1.91. The van der Waals surface area contributed by atoms with Crippen molar-refractivity contribution in [1.82, 2.24) is 0 Å². The predicted octanol–water partition coefficient (Wildman–Crippen LogP) is 5.90. The molecule has 0 fully saturated rings. The van der Waals surface area contributed by atoms with E-state index in [9.17, 15) is 13.2 Å². The van der Waals surface area contributed by atoms with E-state index >= 15 is 0 Å². The highest BCUT2D eigenvalue weighted by Crippen LogP contribution is 2.48. The number of benzene rings is 1. The average molecular weight is 310 g/mol. The Morgan fingerprint density at radius 2 is 1.80 bits per heavy atom. The fourth-order valence-electron chi connectivity index (χ4n) is 1.94. The Labute approximate surface area is 122 Å². The Balaban J connectivity index is 2.11. The summed E-state index contributed by atoms with van der Waals surface area (Å²) >= 11 is 2.29. The number of thiophene rings is 1. The van der Waals surface area contributed by atoms with E-state index < -0.39 is 11.1 Å². The number of rotatable bonds is 1. The maximum absolute atomic E-state index is 13.0. The van der Waals surface area contributed by atoms with Crippen LogP contribution >= 0.6 is 23.1 Å². The molecule has 1 aromatic heterocycles. The largest absolute Gasteiger partial charge is 0.422 e. The summed E-state index contributed by atoms with van der Waals surface area (Å²) in [6.45, 7) is 0. The monoisotopic (exact) mass is 310 g/mol. The van der Waals surface area contributed by atoms with Crippen LogP contribution < -0.4 is 0 Å². The lowest BCUT2D eigenvalue weighted by molar-refractivity contribution is -0.0827. The Kier molecular flexibility index (Phi) is 3.48. The molecule has 0 aliphatic carbocycles. The van der Waals surface area contributed by atoms with Crippen LogP contribution in [0.25, 0.3) is 17.1 Å². The van der Waals surface area contributed by atoms with Crippen LogP contribution in [0.1, 0.15) is 16.0 Å². The van der Waals surface area contributed by atoms with Gasteiger partial charge in [-0.2, -0.15) is 13.2 Å². The highest BCUT2D eigenvalue weighted by atomic mass is 32.2. The zero-order valence-corrected chi connectivity index (χ0v) is 11.8. The van der Waals surface area contributed by atoms with Gasteiger partial charge < -0.3 is 0 Å². The minimum Gasteiger partial charge on any atom is -0.166 e. The molecule has 1 aliphatic rings. The van der Waals surface area contributed by atoms with Crippen molar-refractivity contribution in [2.45, 2.75) is 6.18 Å². The molecule has 0 atom stereocenters. The van der Waals surface area contributed by atoms with Gasteiger partial charge in [0.15, 0.2) is 0 Å². The zero-order chi connectivity index (χ0) is 14.2. The van der Waals surface area contributed by atoms with Crippen LogP contribution in [0.4, 0.5) is 13.2 Å². The van der Waals surface area contributed by atoms with E-state index in [1.807, 2.05) is 35.7 Å². The summed E-state index contributed by atoms with van der Waals surface area (Å²) in [5.74, 6) is 0. The fraction of sp³-hybridized carbons (Fsp3) is 0.0667. The minimum atomic E-state index is -4.31. The van der Waals surface area contributed by atoms with Crippen molar-refractivity contribution in [3.05, 3.63) is 62.7 Å². The molecule has 102 valence electrons. The third-order valence-corrected chi connectivity index (χ3v) is 4.77. The van der Waals surface area contributed by atoms with Gasteiger partial charge in [0.25, 0.3) is 0 Å². The van der Waals surface area contributed by atoms with Crippen LogP contribution in [0.2, 0.25) is 0 Å². The third kappa shape index (κ3) is 2.69. The number of halogens is 3. The second-order valence-corrected chi connectivity index (χ2v) is 6.28. The second kappa shape index (κ2) is 5.14. The van der Waals surface area contributed by atoms with Gasteiger partial charge in [0, 0.05) is 9.78 Å². The van der Waals surface area contributed by atoms with Crippen LogP contribution in [0.3, 0.4) is 0 Å². The summed E-state index contributed by atoms with van der Waals surface area (Å²) in [6.07, 6.45) is -1.29. The summed E-state index contributed by atoms with van der Waals surface area (Å²) < 4.78 is 38.9. The quantitative estimate of drug-likeness (QED) is 0.632. The van der Waals surface area contributed by atoms with Crippen molar-refractivity contribution in [3.63, 3.8) is 0 Å². The van der Waals surface area contributed by atoms with E-state index in [1.165, 1.54) is 17.4 Å². The molecule has 0 unspecified atom stereocenters. The van der Waals surface area contributed by atoms with Gasteiger partial charge in [-0.1, -0.05) is 42.1 Å². The summed E-state index contributed by atoms with van der Waals surface area (Å²) in [7, 11) is 0. The lowest BCUT2D eigenvalue weighted by atomic mass is 10.1. The first-order valence-electron chi connectivity index (χ1n) is 5.85. The van der Waals surface area contributed by atoms with Gasteiger partial charge in [0.2, 0.25) is 0 Å². The Morgan fingerprint density at radius 1 is 1.00 bits per heavy atom. The van der Waals surface area contributed by atoms with Gasteiger partial charge in [-0.3, -0.25) is 0 Å². The molecule has 0 N–H and O–H groups in total. The number of allylic oxidation sites excluding steroid dienone is 1. The normalized spacial score (nSPS) is 16.9. The first kappa shape index (κ1) is 13.5. The van der Waals surface area contributed by atoms with Crippen molar-refractivity contribution >= 4 is 40.2 Å². The van der Waals surface area contributed by atoms with E-state index in [2.05, 4.69) is 0 Å². The maximum atomic E-state index is 13.0. The molecule has 0 bridgehead atoms. The number of fused-ring (bicyclic) bond motifs is 1. The van der Waals surface area contributed by atoms with Gasteiger partial charge in [-0.15, -0.1) is 11.3 Å². The molecule has 0 amide bonds. The molecule has 0 saturated carbocycles. The zero-order valence-electron chi connectivity index (χ0n) is 10.1. The van der Waals surface area contributed by atoms with Crippen molar-refractivity contribution in [3.8, 4) is 0 Å². The molecule has 0 saturated heterocycles. The van der Waals surface area contributed by atoms with Gasteiger partial charge in [-0.05, 0) is 34.7 Å². The predicted molar refractivity (Wildman–Crippen MR) is 80.3 cm³/mol.